The van der Waals surface area contributed by atoms with Gasteiger partial charge in [-0.1, -0.05) is 11.6 Å². The lowest BCUT2D eigenvalue weighted by molar-refractivity contribution is 0.0629. The van der Waals surface area contributed by atoms with Crippen molar-refractivity contribution < 1.29 is 14.6 Å². The Morgan fingerprint density at radius 1 is 1.31 bits per heavy atom. The smallest absolute Gasteiger partial charge is 0.254 e. The van der Waals surface area contributed by atoms with Crippen LogP contribution in [0.15, 0.2) is 28.1 Å². The number of hydrogen-bond donors (Lipinski definition) is 1. The van der Waals surface area contributed by atoms with Crippen LogP contribution in [0.2, 0.25) is 5.02 Å². The van der Waals surface area contributed by atoms with Gasteiger partial charge >= 0.3 is 0 Å². The summed E-state index contributed by atoms with van der Waals surface area (Å²) in [4.78, 5) is 18.3. The number of nitrogens with zero attached hydrogens (tertiary/aromatic N) is 2. The highest BCUT2D eigenvalue weighted by Crippen LogP contribution is 2.35. The first-order valence-electron chi connectivity index (χ1n) is 8.39. The SMILES string of the molecule is CCOc1cc(C(=O)N2CCN(Cc3ccc(Br)s3)CC2)cc(Cl)c1O. The van der Waals surface area contributed by atoms with Gasteiger partial charge in [-0.15, -0.1) is 11.3 Å². The molecule has 1 aromatic heterocycles. The van der Waals surface area contributed by atoms with Crippen molar-refractivity contribution in [1.29, 1.82) is 0 Å². The highest BCUT2D eigenvalue weighted by atomic mass is 79.9. The van der Waals surface area contributed by atoms with Crippen LogP contribution >= 0.6 is 38.9 Å². The van der Waals surface area contributed by atoms with Crippen LogP contribution in [-0.2, 0) is 6.54 Å². The normalized spacial score (nSPS) is 15.3. The van der Waals surface area contributed by atoms with Crippen molar-refractivity contribution in [2.24, 2.45) is 0 Å². The maximum atomic E-state index is 12.8. The second-order valence-corrected chi connectivity index (χ2v) is 8.97. The van der Waals surface area contributed by atoms with E-state index in [-0.39, 0.29) is 22.4 Å². The molecule has 1 saturated heterocycles. The molecule has 2 heterocycles. The van der Waals surface area contributed by atoms with Crippen molar-refractivity contribution >= 4 is 44.8 Å². The highest BCUT2D eigenvalue weighted by molar-refractivity contribution is 9.11. The van der Waals surface area contributed by atoms with E-state index in [2.05, 4.69) is 33.0 Å². The van der Waals surface area contributed by atoms with Gasteiger partial charge in [0.15, 0.2) is 11.5 Å². The van der Waals surface area contributed by atoms with Gasteiger partial charge in [0.1, 0.15) is 0 Å². The van der Waals surface area contributed by atoms with Crippen LogP contribution < -0.4 is 4.74 Å². The minimum Gasteiger partial charge on any atom is -0.503 e. The Labute approximate surface area is 170 Å². The van der Waals surface area contributed by atoms with Gasteiger partial charge in [-0.3, -0.25) is 9.69 Å². The summed E-state index contributed by atoms with van der Waals surface area (Å²) < 4.78 is 6.50. The molecule has 0 radical (unpaired) electrons. The average molecular weight is 460 g/mol. The number of ether oxygens (including phenoxy) is 1. The van der Waals surface area contributed by atoms with E-state index < -0.39 is 0 Å². The molecule has 3 rings (SSSR count). The number of phenols is 1. The summed E-state index contributed by atoms with van der Waals surface area (Å²) in [6.07, 6.45) is 0. The van der Waals surface area contributed by atoms with Crippen LogP contribution in [-0.4, -0.2) is 53.6 Å². The molecule has 1 fully saturated rings. The third-order valence-corrected chi connectivity index (χ3v) is 6.14. The molecule has 1 aliphatic heterocycles. The zero-order chi connectivity index (χ0) is 18.7. The first-order valence-corrected chi connectivity index (χ1v) is 10.4. The fraction of sp³-hybridized carbons (Fsp3) is 0.389. The zero-order valence-electron chi connectivity index (χ0n) is 14.4. The summed E-state index contributed by atoms with van der Waals surface area (Å²) in [6.45, 7) is 6.07. The van der Waals surface area contributed by atoms with Crippen LogP contribution in [0.4, 0.5) is 0 Å². The fourth-order valence-corrected chi connectivity index (χ4v) is 4.65. The lowest BCUT2D eigenvalue weighted by Crippen LogP contribution is -2.48. The number of carbonyl (C=O) groups is 1. The van der Waals surface area contributed by atoms with Gasteiger partial charge in [0.25, 0.3) is 5.91 Å². The molecule has 0 atom stereocenters. The number of amides is 1. The number of halogens is 2. The Morgan fingerprint density at radius 2 is 2.04 bits per heavy atom. The Kier molecular flexibility index (Phi) is 6.45. The predicted octanol–water partition coefficient (Wildman–Crippen LogP) is 4.23. The standard InChI is InChI=1S/C18H20BrClN2O3S/c1-2-25-15-10-12(9-14(20)17(15)23)18(24)22-7-5-21(6-8-22)11-13-3-4-16(19)26-13/h3-4,9-10,23H,2,5-8,11H2,1H3. The van der Waals surface area contributed by atoms with Gasteiger partial charge in [0, 0.05) is 43.2 Å². The van der Waals surface area contributed by atoms with Crippen LogP contribution in [0.25, 0.3) is 0 Å². The third-order valence-electron chi connectivity index (χ3n) is 4.24. The van der Waals surface area contributed by atoms with Gasteiger partial charge in [0.2, 0.25) is 0 Å². The molecule has 0 spiro atoms. The first kappa shape index (κ1) is 19.5. The van der Waals surface area contributed by atoms with Crippen molar-refractivity contribution in [2.45, 2.75) is 13.5 Å². The molecule has 8 heteroatoms. The summed E-state index contributed by atoms with van der Waals surface area (Å²) in [7, 11) is 0. The molecule has 0 bridgehead atoms. The number of piperazine rings is 1. The number of carbonyl (C=O) groups excluding carboxylic acids is 1. The van der Waals surface area contributed by atoms with Crippen LogP contribution in [0, 0.1) is 0 Å². The summed E-state index contributed by atoms with van der Waals surface area (Å²) in [5, 5.41) is 10.1. The molecular weight excluding hydrogens is 440 g/mol. The molecule has 26 heavy (non-hydrogen) atoms. The topological polar surface area (TPSA) is 53.0 Å². The second-order valence-electron chi connectivity index (χ2n) is 6.01. The molecule has 1 amide bonds. The average Bonchev–Trinajstić information content (AvgIpc) is 3.04. The lowest BCUT2D eigenvalue weighted by Gasteiger charge is -2.34. The molecule has 140 valence electrons. The van der Waals surface area contributed by atoms with E-state index in [1.807, 2.05) is 11.8 Å². The Bertz CT molecular complexity index is 791. The molecule has 0 saturated carbocycles. The number of thiophene rings is 1. The minimum absolute atomic E-state index is 0.0913. The van der Waals surface area contributed by atoms with E-state index in [1.54, 1.807) is 17.4 Å². The van der Waals surface area contributed by atoms with E-state index in [9.17, 15) is 9.90 Å². The third kappa shape index (κ3) is 4.52. The lowest BCUT2D eigenvalue weighted by atomic mass is 10.1. The summed E-state index contributed by atoms with van der Waals surface area (Å²) in [5.74, 6) is 0.0219. The Hall–Kier alpha value is -1.28. The highest BCUT2D eigenvalue weighted by Gasteiger charge is 2.24. The van der Waals surface area contributed by atoms with Gasteiger partial charge < -0.3 is 14.7 Å². The summed E-state index contributed by atoms with van der Waals surface area (Å²) >= 11 is 11.3. The zero-order valence-corrected chi connectivity index (χ0v) is 17.5. The van der Waals surface area contributed by atoms with Gasteiger partial charge in [-0.25, -0.2) is 0 Å². The van der Waals surface area contributed by atoms with Crippen molar-refractivity contribution in [2.75, 3.05) is 32.8 Å². The first-order chi connectivity index (χ1) is 12.5. The number of hydrogen-bond acceptors (Lipinski definition) is 5. The predicted molar refractivity (Wildman–Crippen MR) is 107 cm³/mol. The fourth-order valence-electron chi connectivity index (χ4n) is 2.91. The maximum Gasteiger partial charge on any atom is 0.254 e. The molecule has 1 N–H and O–H groups in total. The van der Waals surface area contributed by atoms with Gasteiger partial charge in [-0.05, 0) is 47.1 Å². The Morgan fingerprint density at radius 3 is 2.65 bits per heavy atom. The second kappa shape index (κ2) is 8.61. The van der Waals surface area contributed by atoms with Crippen molar-refractivity contribution in [1.82, 2.24) is 9.80 Å². The maximum absolute atomic E-state index is 12.8. The molecule has 2 aromatic rings. The van der Waals surface area contributed by atoms with E-state index in [4.69, 9.17) is 16.3 Å². The number of rotatable bonds is 5. The van der Waals surface area contributed by atoms with E-state index >= 15 is 0 Å². The molecule has 1 aliphatic rings. The molecule has 0 unspecified atom stereocenters. The largest absolute Gasteiger partial charge is 0.503 e. The van der Waals surface area contributed by atoms with E-state index in [1.165, 1.54) is 10.9 Å². The number of aromatic hydroxyl groups is 1. The molecule has 5 nitrogen and oxygen atoms in total. The summed E-state index contributed by atoms with van der Waals surface area (Å²) in [5.41, 5.74) is 0.437. The number of phenolic OH excluding ortho intramolecular Hbond substituents is 1. The van der Waals surface area contributed by atoms with Gasteiger partial charge in [-0.2, -0.15) is 0 Å². The molecule has 0 aliphatic carbocycles. The van der Waals surface area contributed by atoms with E-state index in [0.717, 1.165) is 23.4 Å². The minimum atomic E-state index is -0.128. The quantitative estimate of drug-likeness (QED) is 0.727. The van der Waals surface area contributed by atoms with Crippen LogP contribution in [0.3, 0.4) is 0 Å². The molecule has 1 aromatic carbocycles. The van der Waals surface area contributed by atoms with Crippen LogP contribution in [0.5, 0.6) is 11.5 Å². The van der Waals surface area contributed by atoms with Crippen molar-refractivity contribution in [3.8, 4) is 11.5 Å². The van der Waals surface area contributed by atoms with E-state index in [0.29, 0.717) is 25.3 Å². The van der Waals surface area contributed by atoms with Crippen molar-refractivity contribution in [3.05, 3.63) is 43.5 Å². The summed E-state index contributed by atoms with van der Waals surface area (Å²) in [6, 6.07) is 7.24. The van der Waals surface area contributed by atoms with Crippen LogP contribution in [0.1, 0.15) is 22.2 Å². The monoisotopic (exact) mass is 458 g/mol. The number of benzene rings is 1. The Balaban J connectivity index is 1.63. The van der Waals surface area contributed by atoms with Gasteiger partial charge in [0.05, 0.1) is 15.4 Å². The van der Waals surface area contributed by atoms with Crippen molar-refractivity contribution in [3.63, 3.8) is 0 Å². The molecular formula is C18H20BrClN2O3S.